The van der Waals surface area contributed by atoms with E-state index in [-0.39, 0.29) is 16.1 Å². The van der Waals surface area contributed by atoms with Gasteiger partial charge in [-0.25, -0.2) is 4.39 Å². The van der Waals surface area contributed by atoms with Crippen molar-refractivity contribution in [2.75, 3.05) is 0 Å². The van der Waals surface area contributed by atoms with Gasteiger partial charge >= 0.3 is 5.82 Å². The number of hydrogen-bond donors (Lipinski definition) is 0. The van der Waals surface area contributed by atoms with Crippen LogP contribution >= 0.6 is 35.0 Å². The summed E-state index contributed by atoms with van der Waals surface area (Å²) in [6.07, 6.45) is 1.34. The third-order valence-electron chi connectivity index (χ3n) is 2.71. The molecule has 0 saturated carbocycles. The van der Waals surface area contributed by atoms with Gasteiger partial charge in [-0.3, -0.25) is 0 Å². The molecule has 8 heteroatoms. The molecule has 0 amide bonds. The van der Waals surface area contributed by atoms with E-state index in [1.165, 1.54) is 18.3 Å². The Morgan fingerprint density at radius 2 is 2.10 bits per heavy atom. The Balaban J connectivity index is 2.38. The van der Waals surface area contributed by atoms with Gasteiger partial charge in [-0.05, 0) is 41.1 Å². The van der Waals surface area contributed by atoms with Crippen LogP contribution < -0.4 is 0 Å². The Hall–Kier alpha value is -1.37. The lowest BCUT2D eigenvalue weighted by Crippen LogP contribution is -1.97. The molecule has 21 heavy (non-hydrogen) atoms. The standard InChI is InChI=1S/C13H9Cl2FN2O2S/c1-7(11-8(14)4-5-9(16)12(11)15)21-10-3-2-6-17-13(10)18(19)20/h2-7H,1H3. The number of pyridine rings is 1. The third-order valence-corrected chi connectivity index (χ3v) is 4.59. The van der Waals surface area contributed by atoms with E-state index >= 15 is 0 Å². The molecule has 1 unspecified atom stereocenters. The Morgan fingerprint density at radius 1 is 1.38 bits per heavy atom. The fourth-order valence-corrected chi connectivity index (χ4v) is 3.74. The van der Waals surface area contributed by atoms with Crippen molar-refractivity contribution in [1.82, 2.24) is 4.98 Å². The Kier molecular flexibility index (Phi) is 5.03. The second-order valence-electron chi connectivity index (χ2n) is 4.10. The van der Waals surface area contributed by atoms with Crippen molar-refractivity contribution in [3.05, 3.63) is 62.0 Å². The highest BCUT2D eigenvalue weighted by Crippen LogP contribution is 2.44. The Labute approximate surface area is 134 Å². The summed E-state index contributed by atoms with van der Waals surface area (Å²) < 4.78 is 13.5. The van der Waals surface area contributed by atoms with Crippen molar-refractivity contribution >= 4 is 40.8 Å². The van der Waals surface area contributed by atoms with E-state index in [1.807, 2.05) is 0 Å². The average molecular weight is 347 g/mol. The van der Waals surface area contributed by atoms with Gasteiger partial charge in [-0.1, -0.05) is 23.2 Å². The van der Waals surface area contributed by atoms with Crippen molar-refractivity contribution in [2.45, 2.75) is 17.1 Å². The highest BCUT2D eigenvalue weighted by Gasteiger charge is 2.22. The molecule has 0 spiro atoms. The summed E-state index contributed by atoms with van der Waals surface area (Å²) in [5.41, 5.74) is 0.404. The molecule has 1 atom stereocenters. The van der Waals surface area contributed by atoms with Gasteiger partial charge in [0.25, 0.3) is 0 Å². The summed E-state index contributed by atoms with van der Waals surface area (Å²) in [5.74, 6) is -0.831. The molecule has 2 rings (SSSR count). The first-order chi connectivity index (χ1) is 9.91. The van der Waals surface area contributed by atoms with Gasteiger partial charge < -0.3 is 10.1 Å². The van der Waals surface area contributed by atoms with Crippen molar-refractivity contribution in [3.63, 3.8) is 0 Å². The van der Waals surface area contributed by atoms with Crippen LogP contribution in [0.3, 0.4) is 0 Å². The van der Waals surface area contributed by atoms with E-state index in [9.17, 15) is 14.5 Å². The highest BCUT2D eigenvalue weighted by molar-refractivity contribution is 7.99. The zero-order chi connectivity index (χ0) is 15.6. The van der Waals surface area contributed by atoms with Crippen molar-refractivity contribution in [3.8, 4) is 0 Å². The minimum Gasteiger partial charge on any atom is -0.358 e. The Bertz CT molecular complexity index is 700. The maximum atomic E-state index is 13.5. The molecule has 0 aliphatic carbocycles. The normalized spacial score (nSPS) is 12.2. The first-order valence-electron chi connectivity index (χ1n) is 5.81. The van der Waals surface area contributed by atoms with E-state index in [2.05, 4.69) is 4.98 Å². The topological polar surface area (TPSA) is 56.0 Å². The lowest BCUT2D eigenvalue weighted by atomic mass is 10.1. The molecule has 1 heterocycles. The van der Waals surface area contributed by atoms with Gasteiger partial charge in [0.2, 0.25) is 0 Å². The summed E-state index contributed by atoms with van der Waals surface area (Å²) in [4.78, 5) is 14.5. The number of nitrogens with zero attached hydrogens (tertiary/aromatic N) is 2. The molecule has 2 aromatic rings. The number of nitro groups is 1. The largest absolute Gasteiger partial charge is 0.377 e. The van der Waals surface area contributed by atoms with Crippen LogP contribution in [-0.4, -0.2) is 9.91 Å². The summed E-state index contributed by atoms with van der Waals surface area (Å²) in [6.45, 7) is 1.74. The predicted molar refractivity (Wildman–Crippen MR) is 81.6 cm³/mol. The Morgan fingerprint density at radius 3 is 2.76 bits per heavy atom. The molecule has 0 aliphatic rings. The third kappa shape index (κ3) is 3.45. The summed E-state index contributed by atoms with van der Waals surface area (Å²) in [7, 11) is 0. The molecule has 4 nitrogen and oxygen atoms in total. The van der Waals surface area contributed by atoms with Crippen LogP contribution in [0.4, 0.5) is 10.2 Å². The first-order valence-corrected chi connectivity index (χ1v) is 7.44. The molecule has 0 aliphatic heterocycles. The van der Waals surface area contributed by atoms with Gasteiger partial charge in [-0.15, -0.1) is 11.8 Å². The van der Waals surface area contributed by atoms with Gasteiger partial charge in [0.1, 0.15) is 16.9 Å². The molecule has 1 aromatic carbocycles. The van der Waals surface area contributed by atoms with Crippen molar-refractivity contribution < 1.29 is 9.31 Å². The van der Waals surface area contributed by atoms with Crippen LogP contribution in [0.1, 0.15) is 17.7 Å². The van der Waals surface area contributed by atoms with Gasteiger partial charge in [0.05, 0.1) is 5.02 Å². The molecule has 0 bridgehead atoms. The van der Waals surface area contributed by atoms with Crippen LogP contribution in [0.15, 0.2) is 35.4 Å². The monoisotopic (exact) mass is 346 g/mol. The number of thioether (sulfide) groups is 1. The molecular weight excluding hydrogens is 338 g/mol. The molecule has 0 saturated heterocycles. The molecule has 0 radical (unpaired) electrons. The molecular formula is C13H9Cl2FN2O2S. The first kappa shape index (κ1) is 16.0. The molecule has 0 fully saturated rings. The van der Waals surface area contributed by atoms with Crippen LogP contribution in [-0.2, 0) is 0 Å². The minimum atomic E-state index is -0.579. The van der Waals surface area contributed by atoms with Crippen LogP contribution in [0.5, 0.6) is 0 Å². The van der Waals surface area contributed by atoms with Crippen molar-refractivity contribution in [2.24, 2.45) is 0 Å². The molecule has 110 valence electrons. The predicted octanol–water partition coefficient (Wildman–Crippen LogP) is 5.29. The number of hydrogen-bond acceptors (Lipinski definition) is 4. The van der Waals surface area contributed by atoms with E-state index in [0.717, 1.165) is 11.8 Å². The second kappa shape index (κ2) is 6.60. The number of halogens is 3. The summed E-state index contributed by atoms with van der Waals surface area (Å²) in [5, 5.41) is 10.8. The van der Waals surface area contributed by atoms with Gasteiger partial charge in [0.15, 0.2) is 0 Å². The SMILES string of the molecule is CC(Sc1cccnc1[N+](=O)[O-])c1c(Cl)ccc(F)c1Cl. The lowest BCUT2D eigenvalue weighted by Gasteiger charge is -2.15. The van der Waals surface area contributed by atoms with Crippen LogP contribution in [0.2, 0.25) is 10.0 Å². The number of benzene rings is 1. The fourth-order valence-electron chi connectivity index (χ4n) is 1.78. The van der Waals surface area contributed by atoms with E-state index in [4.69, 9.17) is 23.2 Å². The van der Waals surface area contributed by atoms with Crippen LogP contribution in [0.25, 0.3) is 0 Å². The van der Waals surface area contributed by atoms with Gasteiger partial charge in [-0.2, -0.15) is 0 Å². The fraction of sp³-hybridized carbons (Fsp3) is 0.154. The molecule has 0 N–H and O–H groups in total. The zero-order valence-corrected chi connectivity index (χ0v) is 13.0. The number of aromatic nitrogens is 1. The van der Waals surface area contributed by atoms with Gasteiger partial charge in [0, 0.05) is 15.8 Å². The van der Waals surface area contributed by atoms with Crippen LogP contribution in [0, 0.1) is 15.9 Å². The number of rotatable bonds is 4. The zero-order valence-electron chi connectivity index (χ0n) is 10.7. The maximum absolute atomic E-state index is 13.5. The average Bonchev–Trinajstić information content (AvgIpc) is 2.43. The highest BCUT2D eigenvalue weighted by atomic mass is 35.5. The van der Waals surface area contributed by atoms with Crippen molar-refractivity contribution in [1.29, 1.82) is 0 Å². The van der Waals surface area contributed by atoms with E-state index < -0.39 is 10.7 Å². The summed E-state index contributed by atoms with van der Waals surface area (Å²) >= 11 is 13.1. The lowest BCUT2D eigenvalue weighted by molar-refractivity contribution is -0.392. The van der Waals surface area contributed by atoms with E-state index in [1.54, 1.807) is 19.1 Å². The second-order valence-corrected chi connectivity index (χ2v) is 6.27. The quantitative estimate of drug-likeness (QED) is 0.326. The maximum Gasteiger partial charge on any atom is 0.377 e. The summed E-state index contributed by atoms with van der Waals surface area (Å²) in [6, 6.07) is 5.76. The minimum absolute atomic E-state index is 0.0750. The smallest absolute Gasteiger partial charge is 0.358 e. The molecule has 1 aromatic heterocycles. The van der Waals surface area contributed by atoms with E-state index in [0.29, 0.717) is 15.5 Å².